The summed E-state index contributed by atoms with van der Waals surface area (Å²) in [5.74, 6) is -0.0295. The van der Waals surface area contributed by atoms with Crippen molar-refractivity contribution in [3.05, 3.63) is 39.9 Å². The lowest BCUT2D eigenvalue weighted by Crippen LogP contribution is -2.35. The summed E-state index contributed by atoms with van der Waals surface area (Å²) in [5, 5.41) is 13.3. The molecule has 0 radical (unpaired) electrons. The highest BCUT2D eigenvalue weighted by molar-refractivity contribution is 6.18. The molecule has 1 N–H and O–H groups in total. The highest BCUT2D eigenvalue weighted by atomic mass is 35.5. The Balaban J connectivity index is 2.82. The Labute approximate surface area is 104 Å². The minimum Gasteiger partial charge on any atom is -0.348 e. The number of rotatable bonds is 5. The fraction of sp³-hybridized carbons (Fsp3) is 0.364. The average Bonchev–Trinajstić information content (AvgIpc) is 2.35. The van der Waals surface area contributed by atoms with Gasteiger partial charge in [0.15, 0.2) is 0 Å². The summed E-state index contributed by atoms with van der Waals surface area (Å²) in [4.78, 5) is 21.8. The Kier molecular flexibility index (Phi) is 4.90. The number of benzene rings is 1. The molecule has 0 aliphatic heterocycles. The van der Waals surface area contributed by atoms with Gasteiger partial charge in [-0.3, -0.25) is 14.9 Å². The van der Waals surface area contributed by atoms with Gasteiger partial charge in [-0.1, -0.05) is 13.0 Å². The maximum atomic E-state index is 11.8. The molecule has 6 heteroatoms. The van der Waals surface area contributed by atoms with E-state index in [1.807, 2.05) is 6.92 Å². The molecule has 0 aromatic heterocycles. The monoisotopic (exact) mass is 256 g/mol. The van der Waals surface area contributed by atoms with Crippen molar-refractivity contribution in [3.63, 3.8) is 0 Å². The van der Waals surface area contributed by atoms with E-state index in [0.717, 1.165) is 0 Å². The van der Waals surface area contributed by atoms with Gasteiger partial charge in [-0.2, -0.15) is 0 Å². The number of nitro groups is 1. The van der Waals surface area contributed by atoms with Crippen LogP contribution in [0.25, 0.3) is 0 Å². The maximum Gasteiger partial charge on any atom is 0.270 e. The van der Waals surface area contributed by atoms with Gasteiger partial charge in [0.25, 0.3) is 11.6 Å². The van der Waals surface area contributed by atoms with Crippen LogP contribution in [-0.2, 0) is 0 Å². The van der Waals surface area contributed by atoms with Gasteiger partial charge in [-0.15, -0.1) is 11.6 Å². The van der Waals surface area contributed by atoms with E-state index in [4.69, 9.17) is 11.6 Å². The first kappa shape index (κ1) is 13.4. The van der Waals surface area contributed by atoms with E-state index in [2.05, 4.69) is 5.32 Å². The number of carbonyl (C=O) groups excluding carboxylic acids is 1. The molecule has 0 fully saturated rings. The van der Waals surface area contributed by atoms with Crippen molar-refractivity contribution in [2.24, 2.45) is 0 Å². The molecule has 5 nitrogen and oxygen atoms in total. The average molecular weight is 257 g/mol. The van der Waals surface area contributed by atoms with Crippen LogP contribution >= 0.6 is 11.6 Å². The van der Waals surface area contributed by atoms with Gasteiger partial charge in [-0.25, -0.2) is 0 Å². The van der Waals surface area contributed by atoms with Crippen LogP contribution in [0.1, 0.15) is 23.7 Å². The van der Waals surface area contributed by atoms with E-state index >= 15 is 0 Å². The van der Waals surface area contributed by atoms with Crippen molar-refractivity contribution in [3.8, 4) is 0 Å². The van der Waals surface area contributed by atoms with E-state index in [1.54, 1.807) is 0 Å². The van der Waals surface area contributed by atoms with E-state index < -0.39 is 4.92 Å². The Morgan fingerprint density at radius 1 is 1.59 bits per heavy atom. The third kappa shape index (κ3) is 3.71. The summed E-state index contributed by atoms with van der Waals surface area (Å²) in [6, 6.07) is 5.48. The number of nitrogens with zero attached hydrogens (tertiary/aromatic N) is 1. The minimum atomic E-state index is -0.532. The molecule has 1 atom stereocenters. The zero-order valence-corrected chi connectivity index (χ0v) is 10.1. The van der Waals surface area contributed by atoms with E-state index in [0.29, 0.717) is 12.3 Å². The van der Waals surface area contributed by atoms with Crippen LogP contribution in [0.4, 0.5) is 5.69 Å². The van der Waals surface area contributed by atoms with Crippen molar-refractivity contribution >= 4 is 23.2 Å². The van der Waals surface area contributed by atoms with Crippen LogP contribution in [0.5, 0.6) is 0 Å². The van der Waals surface area contributed by atoms with E-state index in [9.17, 15) is 14.9 Å². The first-order valence-electron chi connectivity index (χ1n) is 5.19. The first-order valence-corrected chi connectivity index (χ1v) is 5.73. The summed E-state index contributed by atoms with van der Waals surface area (Å²) in [6.07, 6.45) is 0.712. The van der Waals surface area contributed by atoms with Gasteiger partial charge in [0.05, 0.1) is 4.92 Å². The lowest BCUT2D eigenvalue weighted by molar-refractivity contribution is -0.384. The van der Waals surface area contributed by atoms with E-state index in [1.165, 1.54) is 24.3 Å². The molecule has 1 unspecified atom stereocenters. The van der Waals surface area contributed by atoms with Gasteiger partial charge in [-0.05, 0) is 12.5 Å². The molecule has 1 aromatic carbocycles. The Morgan fingerprint density at radius 2 is 2.29 bits per heavy atom. The summed E-state index contributed by atoms with van der Waals surface area (Å²) in [7, 11) is 0. The van der Waals surface area contributed by atoms with Crippen molar-refractivity contribution in [1.29, 1.82) is 0 Å². The van der Waals surface area contributed by atoms with Gasteiger partial charge >= 0.3 is 0 Å². The zero-order chi connectivity index (χ0) is 12.8. The summed E-state index contributed by atoms with van der Waals surface area (Å²) < 4.78 is 0. The second kappa shape index (κ2) is 6.20. The molecule has 0 saturated carbocycles. The molecule has 92 valence electrons. The molecule has 0 saturated heterocycles. The molecule has 0 spiro atoms. The number of hydrogen-bond acceptors (Lipinski definition) is 3. The summed E-state index contributed by atoms with van der Waals surface area (Å²) in [5.41, 5.74) is 0.166. The highest BCUT2D eigenvalue weighted by Crippen LogP contribution is 2.13. The lowest BCUT2D eigenvalue weighted by atomic mass is 10.1. The SMILES string of the molecule is CCC(CCl)NC(=O)c1cccc([N+](=O)[O-])c1. The molecule has 0 bridgehead atoms. The number of nitrogens with one attached hydrogen (secondary N) is 1. The number of nitro benzene ring substituents is 1. The number of non-ortho nitro benzene ring substituents is 1. The van der Waals surface area contributed by atoms with Crippen LogP contribution in [0, 0.1) is 10.1 Å². The third-order valence-electron chi connectivity index (χ3n) is 2.33. The van der Waals surface area contributed by atoms with Crippen molar-refractivity contribution < 1.29 is 9.72 Å². The molecule has 1 amide bonds. The number of halogens is 1. The van der Waals surface area contributed by atoms with Gasteiger partial charge in [0.1, 0.15) is 0 Å². The smallest absolute Gasteiger partial charge is 0.270 e. The molecule has 0 aliphatic rings. The standard InChI is InChI=1S/C11H13ClN2O3/c1-2-9(7-12)13-11(15)8-4-3-5-10(6-8)14(16)17/h3-6,9H,2,7H2,1H3,(H,13,15). The molecule has 17 heavy (non-hydrogen) atoms. The van der Waals surface area contributed by atoms with Crippen molar-refractivity contribution in [2.45, 2.75) is 19.4 Å². The number of alkyl halides is 1. The summed E-state index contributed by atoms with van der Waals surface area (Å²) >= 11 is 5.66. The van der Waals surface area contributed by atoms with Crippen LogP contribution in [0.3, 0.4) is 0 Å². The second-order valence-electron chi connectivity index (χ2n) is 3.54. The number of amides is 1. The maximum absolute atomic E-state index is 11.8. The topological polar surface area (TPSA) is 72.2 Å². The first-order chi connectivity index (χ1) is 8.08. The quantitative estimate of drug-likeness (QED) is 0.499. The largest absolute Gasteiger partial charge is 0.348 e. The fourth-order valence-corrected chi connectivity index (χ4v) is 1.57. The minimum absolute atomic E-state index is 0.100. The van der Waals surface area contributed by atoms with Crippen LogP contribution in [0.15, 0.2) is 24.3 Å². The van der Waals surface area contributed by atoms with Crippen molar-refractivity contribution in [2.75, 3.05) is 5.88 Å². The molecule has 0 aliphatic carbocycles. The molecular formula is C11H13ClN2O3. The van der Waals surface area contributed by atoms with Gasteiger partial charge < -0.3 is 5.32 Å². The molecule has 0 heterocycles. The van der Waals surface area contributed by atoms with Crippen molar-refractivity contribution in [1.82, 2.24) is 5.32 Å². The molecule has 1 rings (SSSR count). The Hall–Kier alpha value is -1.62. The van der Waals surface area contributed by atoms with Crippen LogP contribution in [0.2, 0.25) is 0 Å². The molecular weight excluding hydrogens is 244 g/mol. The van der Waals surface area contributed by atoms with Gasteiger partial charge in [0.2, 0.25) is 0 Å². The summed E-state index contributed by atoms with van der Waals surface area (Å²) in [6.45, 7) is 1.90. The second-order valence-corrected chi connectivity index (χ2v) is 3.85. The van der Waals surface area contributed by atoms with Crippen LogP contribution < -0.4 is 5.32 Å². The normalized spacial score (nSPS) is 11.9. The number of carbonyl (C=O) groups is 1. The van der Waals surface area contributed by atoms with E-state index in [-0.39, 0.29) is 23.2 Å². The van der Waals surface area contributed by atoms with Crippen LogP contribution in [-0.4, -0.2) is 22.8 Å². The predicted molar refractivity (Wildman–Crippen MR) is 65.4 cm³/mol. The Bertz CT molecular complexity index is 419. The molecule has 1 aromatic rings. The Morgan fingerprint density at radius 3 is 2.82 bits per heavy atom. The predicted octanol–water partition coefficient (Wildman–Crippen LogP) is 2.34. The highest BCUT2D eigenvalue weighted by Gasteiger charge is 2.14. The fourth-order valence-electron chi connectivity index (χ4n) is 1.28. The lowest BCUT2D eigenvalue weighted by Gasteiger charge is -2.13. The zero-order valence-electron chi connectivity index (χ0n) is 9.35. The third-order valence-corrected chi connectivity index (χ3v) is 2.71. The number of hydrogen-bond donors (Lipinski definition) is 1. The van der Waals surface area contributed by atoms with Gasteiger partial charge in [0, 0.05) is 29.6 Å².